The van der Waals surface area contributed by atoms with Crippen molar-refractivity contribution in [1.29, 1.82) is 0 Å². The maximum Gasteiger partial charge on any atom is 0.0888 e. The van der Waals surface area contributed by atoms with E-state index in [1.54, 1.807) is 18.6 Å². The molecule has 0 amide bonds. The topological polar surface area (TPSA) is 25.8 Å². The van der Waals surface area contributed by atoms with Crippen LogP contribution in [0.3, 0.4) is 0 Å². The molecule has 0 radical (unpaired) electrons. The first kappa shape index (κ1) is 9.16. The third-order valence-corrected chi connectivity index (χ3v) is 2.29. The number of rotatable bonds is 2. The minimum absolute atomic E-state index is 0.493. The zero-order valence-electron chi connectivity index (χ0n) is 7.52. The summed E-state index contributed by atoms with van der Waals surface area (Å²) in [5.41, 5.74) is 2.99. The van der Waals surface area contributed by atoms with Gasteiger partial charge >= 0.3 is 0 Å². The predicted octanol–water partition coefficient (Wildman–Crippen LogP) is 2.88. The third-order valence-electron chi connectivity index (χ3n) is 2.00. The SMILES string of the molecule is ClCc1ccccc1-c1cnccn1. The number of alkyl halides is 1. The monoisotopic (exact) mass is 204 g/mol. The molecule has 0 saturated carbocycles. The van der Waals surface area contributed by atoms with E-state index in [1.807, 2.05) is 24.3 Å². The molecule has 0 bridgehead atoms. The highest BCUT2D eigenvalue weighted by molar-refractivity contribution is 6.17. The van der Waals surface area contributed by atoms with Crippen LogP contribution < -0.4 is 0 Å². The third kappa shape index (κ3) is 1.75. The molecule has 0 spiro atoms. The van der Waals surface area contributed by atoms with Gasteiger partial charge in [0.1, 0.15) is 0 Å². The van der Waals surface area contributed by atoms with Gasteiger partial charge in [-0.15, -0.1) is 11.6 Å². The highest BCUT2D eigenvalue weighted by atomic mass is 35.5. The predicted molar refractivity (Wildman–Crippen MR) is 57.0 cm³/mol. The lowest BCUT2D eigenvalue weighted by atomic mass is 10.1. The smallest absolute Gasteiger partial charge is 0.0888 e. The summed E-state index contributed by atoms with van der Waals surface area (Å²) >= 11 is 5.83. The van der Waals surface area contributed by atoms with Crippen LogP contribution in [0.5, 0.6) is 0 Å². The second-order valence-electron chi connectivity index (χ2n) is 2.88. The van der Waals surface area contributed by atoms with E-state index in [-0.39, 0.29) is 0 Å². The van der Waals surface area contributed by atoms with Crippen molar-refractivity contribution in [3.8, 4) is 11.3 Å². The first-order chi connectivity index (χ1) is 6.92. The summed E-state index contributed by atoms with van der Waals surface area (Å²) in [7, 11) is 0. The maximum absolute atomic E-state index is 5.83. The second-order valence-corrected chi connectivity index (χ2v) is 3.15. The summed E-state index contributed by atoms with van der Waals surface area (Å²) in [6, 6.07) is 7.94. The van der Waals surface area contributed by atoms with Gasteiger partial charge in [0.05, 0.1) is 11.9 Å². The largest absolute Gasteiger partial charge is 0.261 e. The van der Waals surface area contributed by atoms with E-state index in [0.717, 1.165) is 16.8 Å². The Morgan fingerprint density at radius 2 is 2.00 bits per heavy atom. The molecule has 0 saturated heterocycles. The van der Waals surface area contributed by atoms with Crippen molar-refractivity contribution in [1.82, 2.24) is 9.97 Å². The van der Waals surface area contributed by atoms with Gasteiger partial charge in [-0.05, 0) is 5.56 Å². The molecule has 0 N–H and O–H groups in total. The van der Waals surface area contributed by atoms with Gasteiger partial charge in [0.2, 0.25) is 0 Å². The quantitative estimate of drug-likeness (QED) is 0.703. The van der Waals surface area contributed by atoms with Crippen molar-refractivity contribution in [2.45, 2.75) is 5.88 Å². The van der Waals surface area contributed by atoms with E-state index in [0.29, 0.717) is 5.88 Å². The zero-order chi connectivity index (χ0) is 9.80. The number of halogens is 1. The molecule has 70 valence electrons. The molecule has 14 heavy (non-hydrogen) atoms. The Balaban J connectivity index is 2.51. The van der Waals surface area contributed by atoms with Crippen LogP contribution in [-0.4, -0.2) is 9.97 Å². The second kappa shape index (κ2) is 4.20. The Morgan fingerprint density at radius 1 is 1.14 bits per heavy atom. The standard InChI is InChI=1S/C11H9ClN2/c12-7-9-3-1-2-4-10(9)11-8-13-5-6-14-11/h1-6,8H,7H2. The lowest BCUT2D eigenvalue weighted by molar-refractivity contribution is 1.20. The van der Waals surface area contributed by atoms with Crippen LogP contribution in [0, 0.1) is 0 Å². The minimum atomic E-state index is 0.493. The molecule has 0 aliphatic rings. The van der Waals surface area contributed by atoms with Gasteiger partial charge in [-0.25, -0.2) is 0 Å². The van der Waals surface area contributed by atoms with Crippen LogP contribution >= 0.6 is 11.6 Å². The van der Waals surface area contributed by atoms with Gasteiger partial charge in [0, 0.05) is 23.8 Å². The number of hydrogen-bond donors (Lipinski definition) is 0. The summed E-state index contributed by atoms with van der Waals surface area (Å²) in [6.07, 6.45) is 5.08. The maximum atomic E-state index is 5.83. The first-order valence-corrected chi connectivity index (χ1v) is 4.85. The molecular formula is C11H9ClN2. The average molecular weight is 205 g/mol. The molecular weight excluding hydrogens is 196 g/mol. The van der Waals surface area contributed by atoms with E-state index in [1.165, 1.54) is 0 Å². The molecule has 1 heterocycles. The molecule has 2 aromatic rings. The summed E-state index contributed by atoms with van der Waals surface area (Å²) < 4.78 is 0. The Bertz CT molecular complexity index is 415. The number of benzene rings is 1. The van der Waals surface area contributed by atoms with Crippen molar-refractivity contribution in [2.24, 2.45) is 0 Å². The van der Waals surface area contributed by atoms with E-state index in [2.05, 4.69) is 9.97 Å². The van der Waals surface area contributed by atoms with Crippen molar-refractivity contribution in [3.05, 3.63) is 48.4 Å². The molecule has 1 aromatic carbocycles. The van der Waals surface area contributed by atoms with Crippen LogP contribution in [0.25, 0.3) is 11.3 Å². The molecule has 0 atom stereocenters. The fraction of sp³-hybridized carbons (Fsp3) is 0.0909. The van der Waals surface area contributed by atoms with Crippen molar-refractivity contribution >= 4 is 11.6 Å². The fourth-order valence-corrected chi connectivity index (χ4v) is 1.56. The summed E-state index contributed by atoms with van der Waals surface area (Å²) in [4.78, 5) is 8.27. The van der Waals surface area contributed by atoms with Crippen molar-refractivity contribution in [3.63, 3.8) is 0 Å². The Labute approximate surface area is 87.6 Å². The summed E-state index contributed by atoms with van der Waals surface area (Å²) in [5.74, 6) is 0.493. The Morgan fingerprint density at radius 3 is 2.71 bits per heavy atom. The lowest BCUT2D eigenvalue weighted by Crippen LogP contribution is -1.89. The highest BCUT2D eigenvalue weighted by Crippen LogP contribution is 2.21. The Hall–Kier alpha value is -1.41. The van der Waals surface area contributed by atoms with Crippen molar-refractivity contribution in [2.75, 3.05) is 0 Å². The lowest BCUT2D eigenvalue weighted by Gasteiger charge is -2.04. The molecule has 1 aromatic heterocycles. The molecule has 0 aliphatic heterocycles. The van der Waals surface area contributed by atoms with E-state index >= 15 is 0 Å². The van der Waals surface area contributed by atoms with Crippen LogP contribution in [-0.2, 0) is 5.88 Å². The van der Waals surface area contributed by atoms with Crippen LogP contribution in [0.15, 0.2) is 42.9 Å². The van der Waals surface area contributed by atoms with Gasteiger partial charge in [-0.3, -0.25) is 9.97 Å². The minimum Gasteiger partial charge on any atom is -0.261 e. The van der Waals surface area contributed by atoms with E-state index in [9.17, 15) is 0 Å². The van der Waals surface area contributed by atoms with Gasteiger partial charge in [-0.2, -0.15) is 0 Å². The normalized spacial score (nSPS) is 10.1. The summed E-state index contributed by atoms with van der Waals surface area (Å²) in [6.45, 7) is 0. The van der Waals surface area contributed by atoms with E-state index < -0.39 is 0 Å². The van der Waals surface area contributed by atoms with Gasteiger partial charge in [0.25, 0.3) is 0 Å². The molecule has 3 heteroatoms. The van der Waals surface area contributed by atoms with Crippen LogP contribution in [0.2, 0.25) is 0 Å². The number of aromatic nitrogens is 2. The van der Waals surface area contributed by atoms with Crippen molar-refractivity contribution < 1.29 is 0 Å². The van der Waals surface area contributed by atoms with E-state index in [4.69, 9.17) is 11.6 Å². The molecule has 0 fully saturated rings. The van der Waals surface area contributed by atoms with Gasteiger partial charge in [0.15, 0.2) is 0 Å². The molecule has 2 rings (SSSR count). The average Bonchev–Trinajstić information content (AvgIpc) is 2.30. The fourth-order valence-electron chi connectivity index (χ4n) is 1.32. The van der Waals surface area contributed by atoms with Gasteiger partial charge < -0.3 is 0 Å². The zero-order valence-corrected chi connectivity index (χ0v) is 8.28. The molecule has 0 aliphatic carbocycles. The van der Waals surface area contributed by atoms with Crippen LogP contribution in [0.4, 0.5) is 0 Å². The number of hydrogen-bond acceptors (Lipinski definition) is 2. The van der Waals surface area contributed by atoms with Crippen LogP contribution in [0.1, 0.15) is 5.56 Å². The number of nitrogens with zero attached hydrogens (tertiary/aromatic N) is 2. The summed E-state index contributed by atoms with van der Waals surface area (Å²) in [5, 5.41) is 0. The molecule has 0 unspecified atom stereocenters. The van der Waals surface area contributed by atoms with Gasteiger partial charge in [-0.1, -0.05) is 24.3 Å². The molecule has 2 nitrogen and oxygen atoms in total. The highest BCUT2D eigenvalue weighted by Gasteiger charge is 2.03. The Kier molecular flexibility index (Phi) is 2.75. The first-order valence-electron chi connectivity index (χ1n) is 4.32.